The second-order valence-corrected chi connectivity index (χ2v) is 7.70. The van der Waals surface area contributed by atoms with Crippen molar-refractivity contribution in [2.24, 2.45) is 23.2 Å². The number of nitrogens with one attached hydrogen (secondary N) is 1. The monoisotopic (exact) mass is 305 g/mol. The molecule has 4 fully saturated rings. The van der Waals surface area contributed by atoms with Crippen molar-refractivity contribution < 1.29 is 4.79 Å². The summed E-state index contributed by atoms with van der Waals surface area (Å²) in [5.74, 6) is 3.02. The molecule has 0 saturated heterocycles. The van der Waals surface area contributed by atoms with Gasteiger partial charge in [0.25, 0.3) is 0 Å². The van der Waals surface area contributed by atoms with Crippen LogP contribution in [0.2, 0.25) is 5.15 Å². The van der Waals surface area contributed by atoms with Gasteiger partial charge in [0, 0.05) is 18.8 Å². The maximum absolute atomic E-state index is 12.4. The third kappa shape index (κ3) is 2.54. The Balaban J connectivity index is 1.46. The second kappa shape index (κ2) is 4.94. The fourth-order valence-corrected chi connectivity index (χ4v) is 5.58. The van der Waals surface area contributed by atoms with Crippen LogP contribution in [-0.2, 0) is 4.79 Å². The minimum atomic E-state index is 0.0411. The number of anilines is 1. The van der Waals surface area contributed by atoms with Crippen LogP contribution in [0.1, 0.15) is 44.9 Å². The predicted octanol–water partition coefficient (Wildman–Crippen LogP) is 3.68. The lowest BCUT2D eigenvalue weighted by molar-refractivity contribution is -0.124. The topological polar surface area (TPSA) is 54.9 Å². The van der Waals surface area contributed by atoms with Crippen molar-refractivity contribution in [1.82, 2.24) is 9.97 Å². The van der Waals surface area contributed by atoms with Crippen molar-refractivity contribution >= 4 is 23.3 Å². The van der Waals surface area contributed by atoms with Gasteiger partial charge in [0.1, 0.15) is 0 Å². The Kier molecular flexibility index (Phi) is 3.18. The van der Waals surface area contributed by atoms with E-state index in [0.29, 0.717) is 12.2 Å². The van der Waals surface area contributed by atoms with E-state index in [0.717, 1.165) is 17.8 Å². The molecule has 0 aromatic carbocycles. The van der Waals surface area contributed by atoms with Crippen LogP contribution >= 0.6 is 11.6 Å². The number of carbonyl (C=O) groups is 1. The summed E-state index contributed by atoms with van der Waals surface area (Å²) in [7, 11) is 0. The molecule has 0 radical (unpaired) electrons. The zero-order chi connectivity index (χ0) is 14.4. The smallest absolute Gasteiger partial charge is 0.226 e. The maximum atomic E-state index is 12.4. The highest BCUT2D eigenvalue weighted by Gasteiger charge is 2.51. The molecule has 5 rings (SSSR count). The van der Waals surface area contributed by atoms with Gasteiger partial charge < -0.3 is 5.32 Å². The SMILES string of the molecule is O=C(CC12CC3CC(CC(C3)C1)C2)Nc1nccnc1Cl. The number of halogens is 1. The van der Waals surface area contributed by atoms with Gasteiger partial charge in [-0.25, -0.2) is 9.97 Å². The largest absolute Gasteiger partial charge is 0.308 e. The lowest BCUT2D eigenvalue weighted by Gasteiger charge is -2.56. The van der Waals surface area contributed by atoms with E-state index in [1.165, 1.54) is 44.7 Å². The van der Waals surface area contributed by atoms with Gasteiger partial charge in [-0.1, -0.05) is 11.6 Å². The van der Waals surface area contributed by atoms with Crippen molar-refractivity contribution in [2.45, 2.75) is 44.9 Å². The summed E-state index contributed by atoms with van der Waals surface area (Å²) in [5, 5.41) is 3.10. The minimum Gasteiger partial charge on any atom is -0.308 e. The quantitative estimate of drug-likeness (QED) is 0.927. The van der Waals surface area contributed by atoms with Crippen LogP contribution in [0.4, 0.5) is 5.82 Å². The first-order valence-corrected chi connectivity index (χ1v) is 8.26. The van der Waals surface area contributed by atoms with E-state index in [-0.39, 0.29) is 16.5 Å². The Labute approximate surface area is 129 Å². The first-order valence-electron chi connectivity index (χ1n) is 7.88. The van der Waals surface area contributed by atoms with Crippen molar-refractivity contribution in [3.63, 3.8) is 0 Å². The summed E-state index contributed by atoms with van der Waals surface area (Å²) in [6.45, 7) is 0. The number of hydrogen-bond acceptors (Lipinski definition) is 3. The zero-order valence-electron chi connectivity index (χ0n) is 12.0. The summed E-state index contributed by atoms with van der Waals surface area (Å²) < 4.78 is 0. The Bertz CT molecular complexity index is 539. The number of aromatic nitrogens is 2. The van der Waals surface area contributed by atoms with Gasteiger partial charge in [-0.3, -0.25) is 4.79 Å². The molecule has 1 aromatic rings. The molecule has 21 heavy (non-hydrogen) atoms. The van der Waals surface area contributed by atoms with Crippen LogP contribution in [0.3, 0.4) is 0 Å². The summed E-state index contributed by atoms with van der Waals surface area (Å²) in [4.78, 5) is 20.4. The van der Waals surface area contributed by atoms with Gasteiger partial charge in [0.2, 0.25) is 5.91 Å². The van der Waals surface area contributed by atoms with Crippen LogP contribution < -0.4 is 5.32 Å². The molecule has 4 nitrogen and oxygen atoms in total. The molecular formula is C16H20ClN3O. The zero-order valence-corrected chi connectivity index (χ0v) is 12.8. The van der Waals surface area contributed by atoms with Gasteiger partial charge in [0.15, 0.2) is 11.0 Å². The minimum absolute atomic E-state index is 0.0411. The lowest BCUT2D eigenvalue weighted by Crippen LogP contribution is -2.47. The second-order valence-electron chi connectivity index (χ2n) is 7.34. The summed E-state index contributed by atoms with van der Waals surface area (Å²) in [5.41, 5.74) is 0.244. The maximum Gasteiger partial charge on any atom is 0.226 e. The molecule has 4 aliphatic carbocycles. The molecule has 5 heteroatoms. The van der Waals surface area contributed by atoms with E-state index in [9.17, 15) is 4.79 Å². The highest BCUT2D eigenvalue weighted by molar-refractivity contribution is 6.32. The Morgan fingerprint density at radius 1 is 1.14 bits per heavy atom. The molecular weight excluding hydrogens is 286 g/mol. The van der Waals surface area contributed by atoms with Gasteiger partial charge >= 0.3 is 0 Å². The third-order valence-corrected chi connectivity index (χ3v) is 5.89. The number of amides is 1. The van der Waals surface area contributed by atoms with E-state index in [1.54, 1.807) is 6.20 Å². The first-order chi connectivity index (χ1) is 10.1. The molecule has 112 valence electrons. The molecule has 1 amide bonds. The van der Waals surface area contributed by atoms with E-state index in [4.69, 9.17) is 11.6 Å². The molecule has 1 aromatic heterocycles. The summed E-state index contributed by atoms with van der Waals surface area (Å²) >= 11 is 5.96. The number of nitrogens with zero attached hydrogens (tertiary/aromatic N) is 2. The highest BCUT2D eigenvalue weighted by atomic mass is 35.5. The van der Waals surface area contributed by atoms with Gasteiger partial charge in [-0.05, 0) is 61.7 Å². The van der Waals surface area contributed by atoms with E-state index >= 15 is 0 Å². The molecule has 0 aliphatic heterocycles. The van der Waals surface area contributed by atoms with Crippen molar-refractivity contribution in [2.75, 3.05) is 5.32 Å². The van der Waals surface area contributed by atoms with Crippen LogP contribution in [-0.4, -0.2) is 15.9 Å². The molecule has 4 saturated carbocycles. The Morgan fingerprint density at radius 3 is 2.29 bits per heavy atom. The predicted molar refractivity (Wildman–Crippen MR) is 80.9 cm³/mol. The number of rotatable bonds is 3. The Morgan fingerprint density at radius 2 is 1.71 bits per heavy atom. The Hall–Kier alpha value is -1.16. The van der Waals surface area contributed by atoms with Gasteiger partial charge in [-0.2, -0.15) is 0 Å². The standard InChI is InChI=1S/C16H20ClN3O/c17-14-15(19-2-1-18-14)20-13(21)9-16-6-10-3-11(7-16)5-12(4-10)8-16/h1-2,10-12H,3-9H2,(H,19,20,21). The number of carbonyl (C=O) groups excluding carboxylic acids is 1. The molecule has 4 aliphatic rings. The normalized spacial score (nSPS) is 36.7. The van der Waals surface area contributed by atoms with E-state index < -0.39 is 0 Å². The summed E-state index contributed by atoms with van der Waals surface area (Å²) in [6.07, 6.45) is 11.6. The summed E-state index contributed by atoms with van der Waals surface area (Å²) in [6, 6.07) is 0. The average molecular weight is 306 g/mol. The van der Waals surface area contributed by atoms with E-state index in [1.807, 2.05) is 0 Å². The average Bonchev–Trinajstić information content (AvgIpc) is 2.39. The third-order valence-electron chi connectivity index (χ3n) is 5.61. The van der Waals surface area contributed by atoms with Crippen molar-refractivity contribution in [1.29, 1.82) is 0 Å². The first kappa shape index (κ1) is 13.5. The molecule has 0 atom stereocenters. The molecule has 0 spiro atoms. The van der Waals surface area contributed by atoms with Crippen LogP contribution in [0.15, 0.2) is 12.4 Å². The molecule has 4 bridgehead atoms. The number of hydrogen-bond donors (Lipinski definition) is 1. The van der Waals surface area contributed by atoms with E-state index in [2.05, 4.69) is 15.3 Å². The fourth-order valence-electron chi connectivity index (χ4n) is 5.43. The van der Waals surface area contributed by atoms with Gasteiger partial charge in [-0.15, -0.1) is 0 Å². The lowest BCUT2D eigenvalue weighted by atomic mass is 9.49. The fraction of sp³-hybridized carbons (Fsp3) is 0.688. The van der Waals surface area contributed by atoms with Crippen LogP contribution in [0.5, 0.6) is 0 Å². The van der Waals surface area contributed by atoms with Crippen LogP contribution in [0.25, 0.3) is 0 Å². The van der Waals surface area contributed by atoms with Gasteiger partial charge in [0.05, 0.1) is 0 Å². The molecule has 0 unspecified atom stereocenters. The van der Waals surface area contributed by atoms with Crippen molar-refractivity contribution in [3.8, 4) is 0 Å². The molecule has 1 heterocycles. The highest BCUT2D eigenvalue weighted by Crippen LogP contribution is 2.61. The van der Waals surface area contributed by atoms with Crippen LogP contribution in [0, 0.1) is 23.2 Å². The van der Waals surface area contributed by atoms with Crippen molar-refractivity contribution in [3.05, 3.63) is 17.5 Å². The molecule has 1 N–H and O–H groups in total.